The lowest BCUT2D eigenvalue weighted by atomic mass is 10.0. The molecule has 0 aromatic heterocycles. The molecule has 33 heavy (non-hydrogen) atoms. The van der Waals surface area contributed by atoms with Crippen molar-refractivity contribution in [2.75, 3.05) is 6.67 Å². The van der Waals surface area contributed by atoms with Gasteiger partial charge in [0.1, 0.15) is 0 Å². The van der Waals surface area contributed by atoms with Gasteiger partial charge in [0.25, 0.3) is 0 Å². The third kappa shape index (κ3) is 4.70. The Balaban J connectivity index is 1.64. The molecule has 0 spiro atoms. The van der Waals surface area contributed by atoms with Gasteiger partial charge in [0.05, 0.1) is 18.1 Å². The van der Waals surface area contributed by atoms with Crippen LogP contribution in [0.5, 0.6) is 0 Å². The van der Waals surface area contributed by atoms with Crippen molar-refractivity contribution in [2.45, 2.75) is 26.9 Å². The molecule has 0 fully saturated rings. The first-order valence-electron chi connectivity index (χ1n) is 11.6. The molecule has 0 bridgehead atoms. The van der Waals surface area contributed by atoms with Crippen LogP contribution in [0.4, 0.5) is 0 Å². The largest absolute Gasteiger partial charge is 0.347 e. The molecule has 0 saturated carbocycles. The number of aryl methyl sites for hydroxylation is 2. The lowest BCUT2D eigenvalue weighted by molar-refractivity contribution is 0.269. The molecule has 5 rings (SSSR count). The highest BCUT2D eigenvalue weighted by molar-refractivity contribution is 5.91. The Labute approximate surface area is 197 Å². The van der Waals surface area contributed by atoms with Crippen LogP contribution >= 0.6 is 0 Å². The fourth-order valence-corrected chi connectivity index (χ4v) is 4.57. The highest BCUT2D eigenvalue weighted by Crippen LogP contribution is 2.39. The molecule has 2 nitrogen and oxygen atoms in total. The summed E-state index contributed by atoms with van der Waals surface area (Å²) in [5.41, 5.74) is 10.4. The molecule has 0 radical (unpaired) electrons. The summed E-state index contributed by atoms with van der Waals surface area (Å²) in [5.74, 6) is 0. The van der Waals surface area contributed by atoms with Crippen molar-refractivity contribution in [2.24, 2.45) is 0 Å². The summed E-state index contributed by atoms with van der Waals surface area (Å²) < 4.78 is 0. The van der Waals surface area contributed by atoms with Crippen molar-refractivity contribution in [3.05, 3.63) is 143 Å². The Bertz CT molecular complexity index is 1120. The first-order chi connectivity index (χ1) is 16.2. The molecule has 0 saturated heterocycles. The van der Waals surface area contributed by atoms with E-state index in [2.05, 4.69) is 133 Å². The molecule has 1 aliphatic heterocycles. The van der Waals surface area contributed by atoms with Crippen LogP contribution in [0.15, 0.2) is 109 Å². The second kappa shape index (κ2) is 9.38. The van der Waals surface area contributed by atoms with Gasteiger partial charge in [-0.2, -0.15) is 0 Å². The molecule has 2 heteroatoms. The van der Waals surface area contributed by atoms with Crippen molar-refractivity contribution in [1.82, 2.24) is 9.80 Å². The highest BCUT2D eigenvalue weighted by atomic mass is 15.4. The summed E-state index contributed by atoms with van der Waals surface area (Å²) >= 11 is 0. The molecule has 0 atom stereocenters. The van der Waals surface area contributed by atoms with Crippen LogP contribution in [0.1, 0.15) is 33.4 Å². The van der Waals surface area contributed by atoms with E-state index in [4.69, 9.17) is 0 Å². The van der Waals surface area contributed by atoms with E-state index >= 15 is 0 Å². The third-order valence-electron chi connectivity index (χ3n) is 6.28. The van der Waals surface area contributed by atoms with Crippen LogP contribution in [0, 0.1) is 13.8 Å². The van der Waals surface area contributed by atoms with Crippen LogP contribution in [-0.2, 0) is 13.1 Å². The maximum absolute atomic E-state index is 2.53. The van der Waals surface area contributed by atoms with Crippen LogP contribution < -0.4 is 0 Å². The molecule has 0 unspecified atom stereocenters. The zero-order valence-electron chi connectivity index (χ0n) is 19.4. The number of rotatable bonds is 6. The van der Waals surface area contributed by atoms with Crippen molar-refractivity contribution in [3.63, 3.8) is 0 Å². The minimum atomic E-state index is 0.857. The van der Waals surface area contributed by atoms with Crippen LogP contribution in [0.3, 0.4) is 0 Å². The Morgan fingerprint density at radius 3 is 1.21 bits per heavy atom. The molecule has 4 aromatic carbocycles. The van der Waals surface area contributed by atoms with Crippen LogP contribution in [0.25, 0.3) is 11.4 Å². The SMILES string of the molecule is Cc1ccc(C2=C(c3ccc(C)cc3)N(Cc3ccccc3)CN2Cc2ccccc2)cc1. The van der Waals surface area contributed by atoms with Gasteiger partial charge in [0.15, 0.2) is 0 Å². The van der Waals surface area contributed by atoms with Gasteiger partial charge < -0.3 is 9.80 Å². The van der Waals surface area contributed by atoms with Crippen molar-refractivity contribution in [1.29, 1.82) is 0 Å². The lowest BCUT2D eigenvalue weighted by Crippen LogP contribution is -2.27. The summed E-state index contributed by atoms with van der Waals surface area (Å²) in [7, 11) is 0. The molecule has 4 aromatic rings. The molecule has 1 aliphatic rings. The minimum absolute atomic E-state index is 0.857. The summed E-state index contributed by atoms with van der Waals surface area (Å²) in [5, 5.41) is 0. The summed E-state index contributed by atoms with van der Waals surface area (Å²) in [6.45, 7) is 6.92. The van der Waals surface area contributed by atoms with Crippen molar-refractivity contribution in [3.8, 4) is 0 Å². The Hall–Kier alpha value is -3.78. The summed E-state index contributed by atoms with van der Waals surface area (Å²) in [6, 6.07) is 39.5. The predicted octanol–water partition coefficient (Wildman–Crippen LogP) is 7.10. The fraction of sp³-hybridized carbons (Fsp3) is 0.161. The lowest BCUT2D eigenvalue weighted by Gasteiger charge is -2.25. The molecular weight excluding hydrogens is 400 g/mol. The van der Waals surface area contributed by atoms with Crippen molar-refractivity contribution < 1.29 is 0 Å². The van der Waals surface area contributed by atoms with E-state index in [0.717, 1.165) is 19.8 Å². The topological polar surface area (TPSA) is 6.48 Å². The smallest absolute Gasteiger partial charge is 0.0911 e. The molecule has 164 valence electrons. The fourth-order valence-electron chi connectivity index (χ4n) is 4.57. The Kier molecular flexibility index (Phi) is 5.99. The van der Waals surface area contributed by atoms with Gasteiger partial charge in [-0.15, -0.1) is 0 Å². The molecule has 0 aliphatic carbocycles. The third-order valence-corrected chi connectivity index (χ3v) is 6.28. The molecule has 0 amide bonds. The monoisotopic (exact) mass is 430 g/mol. The van der Waals surface area contributed by atoms with Gasteiger partial charge in [-0.1, -0.05) is 120 Å². The quantitative estimate of drug-likeness (QED) is 0.322. The first kappa shape index (κ1) is 21.1. The number of benzene rings is 4. The number of nitrogens with zero attached hydrogens (tertiary/aromatic N) is 2. The van der Waals surface area contributed by atoms with E-state index in [1.165, 1.54) is 44.8 Å². The minimum Gasteiger partial charge on any atom is -0.347 e. The number of hydrogen-bond donors (Lipinski definition) is 0. The molecular formula is C31H30N2. The van der Waals surface area contributed by atoms with Gasteiger partial charge in [0, 0.05) is 24.2 Å². The van der Waals surface area contributed by atoms with E-state index in [9.17, 15) is 0 Å². The van der Waals surface area contributed by atoms with E-state index < -0.39 is 0 Å². The van der Waals surface area contributed by atoms with Gasteiger partial charge in [0.2, 0.25) is 0 Å². The number of hydrogen-bond acceptors (Lipinski definition) is 2. The second-order valence-corrected chi connectivity index (χ2v) is 8.94. The normalized spacial score (nSPS) is 13.6. The molecule has 0 N–H and O–H groups in total. The van der Waals surface area contributed by atoms with E-state index in [1.54, 1.807) is 0 Å². The standard InChI is InChI=1S/C31H30N2/c1-24-13-17-28(18-14-24)30-31(29-19-15-25(2)16-20-29)33(22-27-11-7-4-8-12-27)23-32(30)21-26-9-5-3-6-10-26/h3-20H,21-23H2,1-2H3. The highest BCUT2D eigenvalue weighted by Gasteiger charge is 2.31. The molecule has 1 heterocycles. The van der Waals surface area contributed by atoms with Crippen LogP contribution in [0.2, 0.25) is 0 Å². The maximum atomic E-state index is 2.53. The first-order valence-corrected chi connectivity index (χ1v) is 11.6. The zero-order valence-corrected chi connectivity index (χ0v) is 19.4. The predicted molar refractivity (Wildman–Crippen MR) is 138 cm³/mol. The maximum Gasteiger partial charge on any atom is 0.0911 e. The zero-order chi connectivity index (χ0) is 22.6. The summed E-state index contributed by atoms with van der Waals surface area (Å²) in [4.78, 5) is 5.05. The van der Waals surface area contributed by atoms with Gasteiger partial charge >= 0.3 is 0 Å². The van der Waals surface area contributed by atoms with Gasteiger partial charge in [-0.05, 0) is 25.0 Å². The summed E-state index contributed by atoms with van der Waals surface area (Å²) in [6.07, 6.45) is 0. The Morgan fingerprint density at radius 1 is 0.485 bits per heavy atom. The average molecular weight is 431 g/mol. The van der Waals surface area contributed by atoms with Gasteiger partial charge in [-0.25, -0.2) is 0 Å². The van der Waals surface area contributed by atoms with E-state index in [-0.39, 0.29) is 0 Å². The van der Waals surface area contributed by atoms with Gasteiger partial charge in [-0.3, -0.25) is 0 Å². The van der Waals surface area contributed by atoms with E-state index in [0.29, 0.717) is 0 Å². The van der Waals surface area contributed by atoms with E-state index in [1.807, 2.05) is 0 Å². The van der Waals surface area contributed by atoms with Crippen molar-refractivity contribution >= 4 is 11.4 Å². The second-order valence-electron chi connectivity index (χ2n) is 8.94. The van der Waals surface area contributed by atoms with Crippen LogP contribution in [-0.4, -0.2) is 16.5 Å². The average Bonchev–Trinajstić information content (AvgIpc) is 3.18. The Morgan fingerprint density at radius 2 is 0.848 bits per heavy atom.